The van der Waals surface area contributed by atoms with Crippen LogP contribution in [0.25, 0.3) is 11.1 Å². The summed E-state index contributed by atoms with van der Waals surface area (Å²) >= 11 is 0. The summed E-state index contributed by atoms with van der Waals surface area (Å²) in [6, 6.07) is 7.82. The molecule has 3 heterocycles. The van der Waals surface area contributed by atoms with Crippen molar-refractivity contribution in [1.29, 1.82) is 0 Å². The first-order chi connectivity index (χ1) is 11.6. The zero-order chi connectivity index (χ0) is 16.7. The molecule has 0 bridgehead atoms. The van der Waals surface area contributed by atoms with Gasteiger partial charge in [-0.15, -0.1) is 0 Å². The van der Waals surface area contributed by atoms with Crippen LogP contribution in [0.1, 0.15) is 30.1 Å². The van der Waals surface area contributed by atoms with Gasteiger partial charge in [0.2, 0.25) is 0 Å². The van der Waals surface area contributed by atoms with E-state index < -0.39 is 0 Å². The molecule has 1 fully saturated rings. The van der Waals surface area contributed by atoms with Gasteiger partial charge >= 0.3 is 5.76 Å². The minimum absolute atomic E-state index is 0.159. The zero-order valence-corrected chi connectivity index (χ0v) is 14.1. The molecule has 1 aliphatic rings. The smallest absolute Gasteiger partial charge is 0.408 e. The lowest BCUT2D eigenvalue weighted by atomic mass is 10.0. The zero-order valence-electron chi connectivity index (χ0n) is 14.1. The first-order valence-electron chi connectivity index (χ1n) is 8.43. The summed E-state index contributed by atoms with van der Waals surface area (Å²) < 4.78 is 9.10. The van der Waals surface area contributed by atoms with Gasteiger partial charge < -0.3 is 4.42 Å². The van der Waals surface area contributed by atoms with E-state index in [0.29, 0.717) is 5.58 Å². The molecule has 6 heteroatoms. The molecular formula is C18H22N4O2. The Morgan fingerprint density at radius 3 is 2.96 bits per heavy atom. The van der Waals surface area contributed by atoms with Gasteiger partial charge in [-0.1, -0.05) is 12.1 Å². The average molecular weight is 326 g/mol. The molecule has 0 spiro atoms. The molecule has 4 rings (SSSR count). The highest BCUT2D eigenvalue weighted by Crippen LogP contribution is 2.26. The number of nitrogens with zero attached hydrogens (tertiary/aromatic N) is 4. The molecule has 1 atom stereocenters. The highest BCUT2D eigenvalue weighted by molar-refractivity contribution is 5.72. The third kappa shape index (κ3) is 2.67. The fourth-order valence-electron chi connectivity index (χ4n) is 3.76. The molecule has 0 N–H and O–H groups in total. The molecule has 24 heavy (non-hydrogen) atoms. The molecule has 1 saturated heterocycles. The van der Waals surface area contributed by atoms with Crippen molar-refractivity contribution in [2.24, 2.45) is 7.05 Å². The molecule has 1 aliphatic heterocycles. The second-order valence-corrected chi connectivity index (χ2v) is 6.65. The van der Waals surface area contributed by atoms with Gasteiger partial charge in [0.1, 0.15) is 0 Å². The van der Waals surface area contributed by atoms with E-state index in [4.69, 9.17) is 4.42 Å². The van der Waals surface area contributed by atoms with Crippen LogP contribution in [0, 0.1) is 6.92 Å². The highest BCUT2D eigenvalue weighted by Gasteiger charge is 2.25. The fourth-order valence-corrected chi connectivity index (χ4v) is 3.76. The number of para-hydroxylation sites is 2. The minimum Gasteiger partial charge on any atom is -0.408 e. The Kier molecular flexibility index (Phi) is 3.76. The number of likely N-dealkylation sites (tertiary alicyclic amines) is 1. The molecular weight excluding hydrogens is 304 g/mol. The Bertz CT molecular complexity index is 921. The standard InChI is InChI=1S/C18H22N4O2/c1-13-14(10-20(2)19-13)11-21-9-5-6-15(12-21)22-16-7-3-4-8-17(16)24-18(22)23/h3-4,7-8,10,15H,5-6,9,11-12H2,1-2H3/t15-/m0/s1. The summed E-state index contributed by atoms with van der Waals surface area (Å²) in [4.78, 5) is 14.7. The summed E-state index contributed by atoms with van der Waals surface area (Å²) in [6.45, 7) is 4.83. The lowest BCUT2D eigenvalue weighted by molar-refractivity contribution is 0.167. The van der Waals surface area contributed by atoms with E-state index in [1.54, 1.807) is 0 Å². The third-order valence-electron chi connectivity index (χ3n) is 4.87. The van der Waals surface area contributed by atoms with Crippen molar-refractivity contribution in [2.45, 2.75) is 32.4 Å². The monoisotopic (exact) mass is 326 g/mol. The largest absolute Gasteiger partial charge is 0.420 e. The molecule has 0 radical (unpaired) electrons. The predicted octanol–water partition coefficient (Wildman–Crippen LogP) is 2.47. The van der Waals surface area contributed by atoms with Crippen LogP contribution >= 0.6 is 0 Å². The summed E-state index contributed by atoms with van der Waals surface area (Å²) in [7, 11) is 1.95. The number of aromatic nitrogens is 3. The molecule has 3 aromatic rings. The third-order valence-corrected chi connectivity index (χ3v) is 4.87. The maximum absolute atomic E-state index is 12.3. The number of hydrogen-bond donors (Lipinski definition) is 0. The molecule has 0 unspecified atom stereocenters. The van der Waals surface area contributed by atoms with Crippen LogP contribution in [0.2, 0.25) is 0 Å². The Hall–Kier alpha value is -2.34. The van der Waals surface area contributed by atoms with Crippen LogP contribution in [0.3, 0.4) is 0 Å². The van der Waals surface area contributed by atoms with E-state index >= 15 is 0 Å². The summed E-state index contributed by atoms with van der Waals surface area (Å²) in [6.07, 6.45) is 4.17. The quantitative estimate of drug-likeness (QED) is 0.742. The number of piperidine rings is 1. The summed E-state index contributed by atoms with van der Waals surface area (Å²) in [5.74, 6) is -0.249. The summed E-state index contributed by atoms with van der Waals surface area (Å²) in [5, 5.41) is 4.42. The number of oxazole rings is 1. The van der Waals surface area contributed by atoms with E-state index in [1.165, 1.54) is 5.56 Å². The molecule has 2 aromatic heterocycles. The molecule has 0 saturated carbocycles. The van der Waals surface area contributed by atoms with Gasteiger partial charge in [0, 0.05) is 31.9 Å². The number of hydrogen-bond acceptors (Lipinski definition) is 4. The van der Waals surface area contributed by atoms with E-state index in [9.17, 15) is 4.79 Å². The van der Waals surface area contributed by atoms with Crippen LogP contribution in [0.15, 0.2) is 39.7 Å². The molecule has 0 amide bonds. The Morgan fingerprint density at radius 1 is 1.33 bits per heavy atom. The first-order valence-corrected chi connectivity index (χ1v) is 8.43. The topological polar surface area (TPSA) is 56.2 Å². The van der Waals surface area contributed by atoms with Gasteiger partial charge in [-0.25, -0.2) is 4.79 Å². The Labute approximate surface area is 140 Å². The highest BCUT2D eigenvalue weighted by atomic mass is 16.4. The van der Waals surface area contributed by atoms with Crippen LogP contribution in [-0.2, 0) is 13.6 Å². The van der Waals surface area contributed by atoms with Gasteiger partial charge in [-0.05, 0) is 38.4 Å². The van der Waals surface area contributed by atoms with E-state index in [-0.39, 0.29) is 11.8 Å². The van der Waals surface area contributed by atoms with Crippen LogP contribution in [0.4, 0.5) is 0 Å². The van der Waals surface area contributed by atoms with Gasteiger partial charge in [0.25, 0.3) is 0 Å². The van der Waals surface area contributed by atoms with Gasteiger partial charge in [0.05, 0.1) is 17.3 Å². The number of aryl methyl sites for hydroxylation is 2. The Morgan fingerprint density at radius 2 is 2.17 bits per heavy atom. The fraction of sp³-hybridized carbons (Fsp3) is 0.444. The normalized spacial score (nSPS) is 19.2. The number of fused-ring (bicyclic) bond motifs is 1. The average Bonchev–Trinajstić information content (AvgIpc) is 3.05. The van der Waals surface area contributed by atoms with Gasteiger partial charge in [-0.3, -0.25) is 14.1 Å². The second kappa shape index (κ2) is 5.94. The second-order valence-electron chi connectivity index (χ2n) is 6.65. The van der Waals surface area contributed by atoms with Crippen LogP contribution in [-0.4, -0.2) is 32.3 Å². The predicted molar refractivity (Wildman–Crippen MR) is 92.0 cm³/mol. The molecule has 126 valence electrons. The van der Waals surface area contributed by atoms with Crippen molar-refractivity contribution in [3.8, 4) is 0 Å². The lowest BCUT2D eigenvalue weighted by Crippen LogP contribution is -2.38. The van der Waals surface area contributed by atoms with E-state index in [2.05, 4.69) is 16.2 Å². The van der Waals surface area contributed by atoms with Crippen molar-refractivity contribution in [2.75, 3.05) is 13.1 Å². The molecule has 1 aromatic carbocycles. The Balaban J connectivity index is 1.59. The molecule has 6 nitrogen and oxygen atoms in total. The lowest BCUT2D eigenvalue weighted by Gasteiger charge is -2.32. The van der Waals surface area contributed by atoms with Gasteiger partial charge in [0.15, 0.2) is 5.58 Å². The van der Waals surface area contributed by atoms with Crippen molar-refractivity contribution >= 4 is 11.1 Å². The van der Waals surface area contributed by atoms with Gasteiger partial charge in [-0.2, -0.15) is 5.10 Å². The van der Waals surface area contributed by atoms with Crippen LogP contribution < -0.4 is 5.76 Å². The number of rotatable bonds is 3. The maximum Gasteiger partial charge on any atom is 0.420 e. The van der Waals surface area contributed by atoms with E-state index in [0.717, 1.165) is 43.7 Å². The first kappa shape index (κ1) is 15.2. The van der Waals surface area contributed by atoms with Crippen molar-refractivity contribution in [3.05, 3.63) is 52.3 Å². The summed E-state index contributed by atoms with van der Waals surface area (Å²) in [5.41, 5.74) is 3.89. The van der Waals surface area contributed by atoms with Crippen molar-refractivity contribution in [3.63, 3.8) is 0 Å². The minimum atomic E-state index is -0.249. The van der Waals surface area contributed by atoms with E-state index in [1.807, 2.05) is 47.5 Å². The molecule has 0 aliphatic carbocycles. The van der Waals surface area contributed by atoms with Crippen molar-refractivity contribution < 1.29 is 4.42 Å². The SMILES string of the molecule is Cc1nn(C)cc1CN1CCC[C@H](n2c(=O)oc3ccccc32)C1. The number of benzene rings is 1. The van der Waals surface area contributed by atoms with Crippen molar-refractivity contribution in [1.82, 2.24) is 19.2 Å². The maximum atomic E-state index is 12.3. The van der Waals surface area contributed by atoms with Crippen LogP contribution in [0.5, 0.6) is 0 Å².